The number of hydrogen-bond acceptors (Lipinski definition) is 4. The number of aromatic amines is 1. The lowest BCUT2D eigenvalue weighted by Gasteiger charge is -2.10. The lowest BCUT2D eigenvalue weighted by atomic mass is 10.0. The zero-order valence-electron chi connectivity index (χ0n) is 17.3. The van der Waals surface area contributed by atoms with Crippen LogP contribution in [0.5, 0.6) is 11.5 Å². The summed E-state index contributed by atoms with van der Waals surface area (Å²) in [6, 6.07) is 20.7. The number of esters is 1. The van der Waals surface area contributed by atoms with Gasteiger partial charge in [-0.1, -0.05) is 42.5 Å². The summed E-state index contributed by atoms with van der Waals surface area (Å²) in [6.07, 6.45) is 3.45. The molecule has 5 nitrogen and oxygen atoms in total. The highest BCUT2D eigenvalue weighted by Gasteiger charge is 2.14. The highest BCUT2D eigenvalue weighted by atomic mass is 19.1. The van der Waals surface area contributed by atoms with E-state index in [2.05, 4.69) is 4.98 Å². The number of para-hydroxylation sites is 1. The smallest absolute Gasteiger partial charge is 0.315 e. The summed E-state index contributed by atoms with van der Waals surface area (Å²) in [7, 11) is 1.46. The molecule has 1 heterocycles. The molecule has 0 unspecified atom stereocenters. The summed E-state index contributed by atoms with van der Waals surface area (Å²) < 4.78 is 25.0. The van der Waals surface area contributed by atoms with Crippen LogP contribution in [0.1, 0.15) is 16.7 Å². The van der Waals surface area contributed by atoms with Crippen molar-refractivity contribution in [2.24, 2.45) is 0 Å². The summed E-state index contributed by atoms with van der Waals surface area (Å²) in [4.78, 5) is 15.7. The number of hydrogen-bond donors (Lipinski definition) is 1. The van der Waals surface area contributed by atoms with Gasteiger partial charge in [0, 0.05) is 22.7 Å². The Morgan fingerprint density at radius 1 is 1.09 bits per heavy atom. The molecular weight excluding hydrogens is 407 g/mol. The molecular formula is C26H19FN2O3. The minimum atomic E-state index is -0.477. The first kappa shape index (κ1) is 20.9. The number of H-pyrrole nitrogens is 1. The normalized spacial score (nSPS) is 11.2. The molecule has 0 fully saturated rings. The first-order valence-electron chi connectivity index (χ1n) is 9.89. The third-order valence-electron chi connectivity index (χ3n) is 5.02. The quantitative estimate of drug-likeness (QED) is 0.190. The van der Waals surface area contributed by atoms with Crippen LogP contribution in [0.15, 0.2) is 72.9 Å². The van der Waals surface area contributed by atoms with Crippen molar-refractivity contribution in [3.05, 3.63) is 95.4 Å². The Bertz CT molecular complexity index is 1370. The third kappa shape index (κ3) is 4.37. The number of nitrogens with one attached hydrogen (secondary N) is 1. The van der Waals surface area contributed by atoms with Crippen LogP contribution in [-0.4, -0.2) is 18.1 Å². The van der Waals surface area contributed by atoms with E-state index >= 15 is 0 Å². The lowest BCUT2D eigenvalue weighted by molar-refractivity contribution is -0.133. The fourth-order valence-corrected chi connectivity index (χ4v) is 3.47. The predicted molar refractivity (Wildman–Crippen MR) is 121 cm³/mol. The van der Waals surface area contributed by atoms with E-state index in [4.69, 9.17) is 9.47 Å². The molecule has 0 aliphatic heterocycles. The molecule has 0 amide bonds. The van der Waals surface area contributed by atoms with Gasteiger partial charge in [0.15, 0.2) is 11.5 Å². The molecule has 1 aromatic heterocycles. The molecule has 158 valence electrons. The number of nitriles is 1. The third-order valence-corrected chi connectivity index (χ3v) is 5.02. The van der Waals surface area contributed by atoms with E-state index < -0.39 is 11.8 Å². The molecule has 0 saturated heterocycles. The zero-order valence-corrected chi connectivity index (χ0v) is 17.3. The Labute approximate surface area is 184 Å². The van der Waals surface area contributed by atoms with Crippen molar-refractivity contribution in [1.82, 2.24) is 4.98 Å². The number of nitrogens with zero attached hydrogens (tertiary/aromatic N) is 1. The van der Waals surface area contributed by atoms with Gasteiger partial charge in [0.2, 0.25) is 0 Å². The van der Waals surface area contributed by atoms with Gasteiger partial charge in [0.05, 0.1) is 25.2 Å². The molecule has 3 aromatic carbocycles. The standard InChI is InChI=1S/C26H19FN2O3/c1-31-25-13-17(12-18(15-28)20-6-2-4-8-22(20)27)10-11-24(25)32-26(30)14-19-16-29-23-9-5-3-7-21(19)23/h2-13,16,29H,14H2,1H3/b18-12-. The van der Waals surface area contributed by atoms with Crippen LogP contribution in [0.3, 0.4) is 0 Å². The zero-order chi connectivity index (χ0) is 22.5. The van der Waals surface area contributed by atoms with E-state index in [0.29, 0.717) is 11.3 Å². The van der Waals surface area contributed by atoms with Crippen LogP contribution >= 0.6 is 0 Å². The number of halogens is 1. The summed E-state index contributed by atoms with van der Waals surface area (Å²) in [5.41, 5.74) is 2.79. The molecule has 0 atom stereocenters. The number of rotatable bonds is 6. The van der Waals surface area contributed by atoms with Gasteiger partial charge < -0.3 is 14.5 Å². The topological polar surface area (TPSA) is 75.1 Å². The molecule has 1 N–H and O–H groups in total. The summed E-state index contributed by atoms with van der Waals surface area (Å²) in [5.74, 6) is -0.314. The highest BCUT2D eigenvalue weighted by Crippen LogP contribution is 2.31. The molecule has 4 aromatic rings. The maximum absolute atomic E-state index is 14.1. The van der Waals surface area contributed by atoms with E-state index in [-0.39, 0.29) is 23.3 Å². The van der Waals surface area contributed by atoms with E-state index in [1.807, 2.05) is 30.3 Å². The number of methoxy groups -OCH3 is 1. The minimum Gasteiger partial charge on any atom is -0.493 e. The highest BCUT2D eigenvalue weighted by molar-refractivity contribution is 5.90. The van der Waals surface area contributed by atoms with Gasteiger partial charge in [-0.25, -0.2) is 4.39 Å². The Balaban J connectivity index is 1.55. The largest absolute Gasteiger partial charge is 0.493 e. The monoisotopic (exact) mass is 426 g/mol. The maximum atomic E-state index is 14.1. The van der Waals surface area contributed by atoms with Crippen LogP contribution in [0, 0.1) is 17.1 Å². The van der Waals surface area contributed by atoms with Crippen molar-refractivity contribution in [1.29, 1.82) is 5.26 Å². The Morgan fingerprint density at radius 2 is 1.88 bits per heavy atom. The van der Waals surface area contributed by atoms with Crippen LogP contribution in [0.2, 0.25) is 0 Å². The van der Waals surface area contributed by atoms with Crippen molar-refractivity contribution in [2.45, 2.75) is 6.42 Å². The van der Waals surface area contributed by atoms with Crippen LogP contribution in [-0.2, 0) is 11.2 Å². The van der Waals surface area contributed by atoms with Gasteiger partial charge in [-0.05, 0) is 41.5 Å². The number of carbonyl (C=O) groups is 1. The van der Waals surface area contributed by atoms with Crippen LogP contribution in [0.25, 0.3) is 22.6 Å². The van der Waals surface area contributed by atoms with Gasteiger partial charge in [0.25, 0.3) is 0 Å². The summed E-state index contributed by atoms with van der Waals surface area (Å²) >= 11 is 0. The van der Waals surface area contributed by atoms with E-state index in [1.54, 1.807) is 48.7 Å². The van der Waals surface area contributed by atoms with Gasteiger partial charge in [-0.2, -0.15) is 5.26 Å². The van der Waals surface area contributed by atoms with E-state index in [0.717, 1.165) is 16.5 Å². The molecule has 0 aliphatic rings. The van der Waals surface area contributed by atoms with E-state index in [9.17, 15) is 14.4 Å². The van der Waals surface area contributed by atoms with Gasteiger partial charge >= 0.3 is 5.97 Å². The average molecular weight is 426 g/mol. The second-order valence-electron chi connectivity index (χ2n) is 7.07. The number of aromatic nitrogens is 1. The lowest BCUT2D eigenvalue weighted by Crippen LogP contribution is -2.11. The van der Waals surface area contributed by atoms with E-state index in [1.165, 1.54) is 13.2 Å². The Morgan fingerprint density at radius 3 is 2.66 bits per heavy atom. The Hall–Kier alpha value is -4.37. The number of allylic oxidation sites excluding steroid dienone is 1. The van der Waals surface area contributed by atoms with Gasteiger partial charge in [-0.15, -0.1) is 0 Å². The van der Waals surface area contributed by atoms with Crippen molar-refractivity contribution < 1.29 is 18.7 Å². The average Bonchev–Trinajstić information content (AvgIpc) is 3.21. The number of fused-ring (bicyclic) bond motifs is 1. The van der Waals surface area contributed by atoms with Crippen molar-refractivity contribution in [3.63, 3.8) is 0 Å². The summed E-state index contributed by atoms with van der Waals surface area (Å²) in [6.45, 7) is 0. The number of ether oxygens (including phenoxy) is 2. The minimum absolute atomic E-state index is 0.0979. The predicted octanol–water partition coefficient (Wildman–Crippen LogP) is 5.53. The second kappa shape index (κ2) is 9.19. The number of carbonyl (C=O) groups excluding carboxylic acids is 1. The SMILES string of the molecule is COc1cc(/C=C(/C#N)c2ccccc2F)ccc1OC(=O)Cc1c[nH]c2ccccc12. The fourth-order valence-electron chi connectivity index (χ4n) is 3.47. The van der Waals surface area contributed by atoms with Gasteiger partial charge in [0.1, 0.15) is 5.82 Å². The second-order valence-corrected chi connectivity index (χ2v) is 7.07. The van der Waals surface area contributed by atoms with Crippen molar-refractivity contribution >= 4 is 28.5 Å². The van der Waals surface area contributed by atoms with Crippen LogP contribution < -0.4 is 9.47 Å². The van der Waals surface area contributed by atoms with Crippen molar-refractivity contribution in [3.8, 4) is 17.6 Å². The molecule has 0 aliphatic carbocycles. The molecule has 0 saturated carbocycles. The molecule has 0 spiro atoms. The molecule has 6 heteroatoms. The Kier molecular flexibility index (Phi) is 6.00. The maximum Gasteiger partial charge on any atom is 0.315 e. The molecule has 0 bridgehead atoms. The molecule has 4 rings (SSSR count). The van der Waals surface area contributed by atoms with Crippen molar-refractivity contribution in [2.75, 3.05) is 7.11 Å². The van der Waals surface area contributed by atoms with Gasteiger partial charge in [-0.3, -0.25) is 4.79 Å². The first-order valence-corrected chi connectivity index (χ1v) is 9.89. The number of benzene rings is 3. The fraction of sp³-hybridized carbons (Fsp3) is 0.0769. The molecule has 0 radical (unpaired) electrons. The first-order chi connectivity index (χ1) is 15.6. The van der Waals surface area contributed by atoms with Crippen LogP contribution in [0.4, 0.5) is 4.39 Å². The summed E-state index contributed by atoms with van der Waals surface area (Å²) in [5, 5.41) is 10.4. The molecule has 32 heavy (non-hydrogen) atoms.